The fourth-order valence-corrected chi connectivity index (χ4v) is 1.31. The summed E-state index contributed by atoms with van der Waals surface area (Å²) in [5, 5.41) is 14.7. The average molecular weight is 199 g/mol. The van der Waals surface area contributed by atoms with Gasteiger partial charge in [-0.1, -0.05) is 20.3 Å². The molecule has 1 rings (SSSR count). The van der Waals surface area contributed by atoms with E-state index in [0.29, 0.717) is 6.42 Å². The van der Waals surface area contributed by atoms with Crippen LogP contribution in [-0.2, 0) is 4.79 Å². The Bertz CT molecular complexity index is 368. The van der Waals surface area contributed by atoms with E-state index < -0.39 is 17.7 Å². The molecule has 14 heavy (non-hydrogen) atoms. The second-order valence-corrected chi connectivity index (χ2v) is 3.24. The van der Waals surface area contributed by atoms with Crippen LogP contribution in [0.4, 0.5) is 0 Å². The molecule has 0 radical (unpaired) electrons. The lowest BCUT2D eigenvalue weighted by atomic mass is 9.99. The Morgan fingerprint density at radius 1 is 1.79 bits per heavy atom. The molecule has 6 nitrogen and oxygen atoms in total. The summed E-state index contributed by atoms with van der Waals surface area (Å²) in [5.74, 6) is -1.12. The van der Waals surface area contributed by atoms with Gasteiger partial charge in [-0.15, -0.1) is 0 Å². The van der Waals surface area contributed by atoms with Gasteiger partial charge in [0.05, 0.1) is 0 Å². The van der Waals surface area contributed by atoms with Crippen molar-refractivity contribution in [3.63, 3.8) is 0 Å². The third-order valence-corrected chi connectivity index (χ3v) is 2.31. The minimum absolute atomic E-state index is 0.109. The molecule has 2 unspecified atom stereocenters. The van der Waals surface area contributed by atoms with Crippen LogP contribution in [0.3, 0.4) is 0 Å². The van der Waals surface area contributed by atoms with Gasteiger partial charge < -0.3 is 5.11 Å². The summed E-state index contributed by atoms with van der Waals surface area (Å²) in [6.45, 7) is 3.67. The molecule has 0 aliphatic heterocycles. The number of carbonyl (C=O) groups is 1. The predicted molar refractivity (Wildman–Crippen MR) is 49.0 cm³/mol. The molecule has 0 aliphatic rings. The first-order valence-electron chi connectivity index (χ1n) is 4.42. The van der Waals surface area contributed by atoms with E-state index >= 15 is 0 Å². The smallest absolute Gasteiger partial charge is 0.343 e. The van der Waals surface area contributed by atoms with Gasteiger partial charge in [0.1, 0.15) is 12.4 Å². The molecule has 0 amide bonds. The Balaban J connectivity index is 3.07. The SMILES string of the molecule is CCC(C)C(C(=O)O)n1cn[nH]c1=O. The van der Waals surface area contributed by atoms with Crippen molar-refractivity contribution < 1.29 is 9.90 Å². The van der Waals surface area contributed by atoms with Crippen LogP contribution >= 0.6 is 0 Å². The largest absolute Gasteiger partial charge is 0.480 e. The van der Waals surface area contributed by atoms with Crippen molar-refractivity contribution in [1.82, 2.24) is 14.8 Å². The number of H-pyrrole nitrogens is 1. The van der Waals surface area contributed by atoms with Crippen LogP contribution in [0.15, 0.2) is 11.1 Å². The van der Waals surface area contributed by atoms with Crippen molar-refractivity contribution >= 4 is 5.97 Å². The van der Waals surface area contributed by atoms with E-state index in [4.69, 9.17) is 5.11 Å². The molecule has 6 heteroatoms. The molecule has 0 saturated carbocycles. The highest BCUT2D eigenvalue weighted by Gasteiger charge is 2.26. The first-order valence-corrected chi connectivity index (χ1v) is 4.42. The third kappa shape index (κ3) is 1.84. The highest BCUT2D eigenvalue weighted by Crippen LogP contribution is 2.18. The maximum absolute atomic E-state index is 11.2. The highest BCUT2D eigenvalue weighted by atomic mass is 16.4. The summed E-state index contributed by atoms with van der Waals surface area (Å²) < 4.78 is 1.11. The first kappa shape index (κ1) is 10.5. The number of aliphatic carboxylic acids is 1. The molecule has 0 bridgehead atoms. The van der Waals surface area contributed by atoms with Crippen molar-refractivity contribution in [3.8, 4) is 0 Å². The quantitative estimate of drug-likeness (QED) is 0.727. The molecule has 2 atom stereocenters. The molecule has 0 saturated heterocycles. The third-order valence-electron chi connectivity index (χ3n) is 2.31. The molecule has 1 aromatic rings. The van der Waals surface area contributed by atoms with E-state index in [1.54, 1.807) is 6.92 Å². The molecule has 0 aromatic carbocycles. The number of carboxylic acids is 1. The zero-order valence-corrected chi connectivity index (χ0v) is 8.10. The minimum Gasteiger partial charge on any atom is -0.480 e. The van der Waals surface area contributed by atoms with E-state index in [2.05, 4.69) is 10.2 Å². The Kier molecular flexibility index (Phi) is 3.06. The van der Waals surface area contributed by atoms with Gasteiger partial charge in [0.2, 0.25) is 0 Å². The summed E-state index contributed by atoms with van der Waals surface area (Å²) in [6.07, 6.45) is 1.90. The summed E-state index contributed by atoms with van der Waals surface area (Å²) >= 11 is 0. The lowest BCUT2D eigenvalue weighted by molar-refractivity contribution is -0.142. The standard InChI is InChI=1S/C8H13N3O3/c1-3-5(2)6(7(12)13)11-4-9-10-8(11)14/h4-6H,3H2,1-2H3,(H,10,14)(H,12,13). The van der Waals surface area contributed by atoms with Crippen molar-refractivity contribution in [2.45, 2.75) is 26.3 Å². The topological polar surface area (TPSA) is 88.0 Å². The Morgan fingerprint density at radius 2 is 2.43 bits per heavy atom. The van der Waals surface area contributed by atoms with Crippen molar-refractivity contribution in [2.24, 2.45) is 5.92 Å². The predicted octanol–water partition coefficient (Wildman–Crippen LogP) is 0.243. The van der Waals surface area contributed by atoms with Crippen LogP contribution in [0.1, 0.15) is 26.3 Å². The Labute approximate surface area is 80.6 Å². The van der Waals surface area contributed by atoms with Crippen molar-refractivity contribution in [1.29, 1.82) is 0 Å². The molecule has 2 N–H and O–H groups in total. The van der Waals surface area contributed by atoms with E-state index in [9.17, 15) is 9.59 Å². The maximum atomic E-state index is 11.2. The van der Waals surface area contributed by atoms with E-state index in [1.807, 2.05) is 6.92 Å². The second kappa shape index (κ2) is 4.08. The van der Waals surface area contributed by atoms with Gasteiger partial charge in [-0.3, -0.25) is 4.57 Å². The van der Waals surface area contributed by atoms with Gasteiger partial charge in [-0.25, -0.2) is 14.7 Å². The number of carboxylic acid groups (broad SMARTS) is 1. The van der Waals surface area contributed by atoms with Gasteiger partial charge in [-0.05, 0) is 5.92 Å². The number of nitrogens with one attached hydrogen (secondary N) is 1. The van der Waals surface area contributed by atoms with Gasteiger partial charge in [0, 0.05) is 0 Å². The van der Waals surface area contributed by atoms with Gasteiger partial charge >= 0.3 is 11.7 Å². The number of rotatable bonds is 4. The van der Waals surface area contributed by atoms with Gasteiger partial charge in [0.25, 0.3) is 0 Å². The van der Waals surface area contributed by atoms with E-state index in [1.165, 1.54) is 6.33 Å². The van der Waals surface area contributed by atoms with E-state index in [-0.39, 0.29) is 5.92 Å². The van der Waals surface area contributed by atoms with Crippen LogP contribution in [0.25, 0.3) is 0 Å². The van der Waals surface area contributed by atoms with Crippen LogP contribution in [0.2, 0.25) is 0 Å². The molecule has 0 aliphatic carbocycles. The van der Waals surface area contributed by atoms with Crippen LogP contribution in [-0.4, -0.2) is 25.8 Å². The van der Waals surface area contributed by atoms with Crippen molar-refractivity contribution in [3.05, 3.63) is 16.8 Å². The fourth-order valence-electron chi connectivity index (χ4n) is 1.31. The highest BCUT2D eigenvalue weighted by molar-refractivity contribution is 5.72. The van der Waals surface area contributed by atoms with Crippen LogP contribution in [0.5, 0.6) is 0 Å². The van der Waals surface area contributed by atoms with E-state index in [0.717, 1.165) is 4.57 Å². The molecule has 0 spiro atoms. The number of nitrogens with zero attached hydrogens (tertiary/aromatic N) is 2. The molecular formula is C8H13N3O3. The summed E-state index contributed by atoms with van der Waals surface area (Å²) in [5.41, 5.74) is -0.488. The average Bonchev–Trinajstić information content (AvgIpc) is 2.52. The van der Waals surface area contributed by atoms with Gasteiger partial charge in [0.15, 0.2) is 0 Å². The lowest BCUT2D eigenvalue weighted by Crippen LogP contribution is -2.31. The minimum atomic E-state index is -1.01. The van der Waals surface area contributed by atoms with Gasteiger partial charge in [-0.2, -0.15) is 5.10 Å². The fraction of sp³-hybridized carbons (Fsp3) is 0.625. The normalized spacial score (nSPS) is 15.0. The Hall–Kier alpha value is -1.59. The zero-order valence-electron chi connectivity index (χ0n) is 8.10. The number of aromatic nitrogens is 3. The number of hydrogen-bond donors (Lipinski definition) is 2. The molecule has 78 valence electrons. The first-order chi connectivity index (χ1) is 6.57. The number of hydrogen-bond acceptors (Lipinski definition) is 3. The van der Waals surface area contributed by atoms with Crippen LogP contribution < -0.4 is 5.69 Å². The summed E-state index contributed by atoms with van der Waals surface area (Å²) in [7, 11) is 0. The zero-order chi connectivity index (χ0) is 10.7. The summed E-state index contributed by atoms with van der Waals surface area (Å²) in [4.78, 5) is 22.1. The molecule has 1 aromatic heterocycles. The lowest BCUT2D eigenvalue weighted by Gasteiger charge is -2.18. The van der Waals surface area contributed by atoms with Crippen molar-refractivity contribution in [2.75, 3.05) is 0 Å². The summed E-state index contributed by atoms with van der Waals surface area (Å²) in [6, 6.07) is -0.841. The maximum Gasteiger partial charge on any atom is 0.343 e. The Morgan fingerprint density at radius 3 is 2.79 bits per heavy atom. The molecule has 1 heterocycles. The molecule has 0 fully saturated rings. The monoisotopic (exact) mass is 199 g/mol. The second-order valence-electron chi connectivity index (χ2n) is 3.24. The van der Waals surface area contributed by atoms with Crippen LogP contribution in [0, 0.1) is 5.92 Å². The molecular weight excluding hydrogens is 186 g/mol. The number of aromatic amines is 1.